The van der Waals surface area contributed by atoms with E-state index in [1.807, 2.05) is 17.5 Å². The molecule has 0 amide bonds. The van der Waals surface area contributed by atoms with Gasteiger partial charge in [-0.2, -0.15) is 0 Å². The molecule has 2 aliphatic rings. The Morgan fingerprint density at radius 3 is 2.94 bits per heavy atom. The van der Waals surface area contributed by atoms with Crippen molar-refractivity contribution in [2.75, 3.05) is 13.1 Å². The number of thiazole rings is 1. The second-order valence-electron chi connectivity index (χ2n) is 5.56. The van der Waals surface area contributed by atoms with Crippen molar-refractivity contribution < 1.29 is 0 Å². The molecule has 2 heterocycles. The highest BCUT2D eigenvalue weighted by atomic mass is 35.5. The van der Waals surface area contributed by atoms with Crippen molar-refractivity contribution in [3.05, 3.63) is 16.1 Å². The van der Waals surface area contributed by atoms with Crippen LogP contribution in [0.3, 0.4) is 0 Å². The Hall–Kier alpha value is -0.160. The van der Waals surface area contributed by atoms with Crippen molar-refractivity contribution in [3.63, 3.8) is 0 Å². The maximum Gasteiger partial charge on any atom is 0.0897 e. The first-order valence-electron chi connectivity index (χ1n) is 6.61. The number of fused-ring (bicyclic) bond motifs is 1. The summed E-state index contributed by atoms with van der Waals surface area (Å²) < 4.78 is 0. The monoisotopic (exact) mass is 287 g/mol. The lowest BCUT2D eigenvalue weighted by molar-refractivity contribution is 0.259. The number of likely N-dealkylation sites (tertiary alicyclic amines) is 1. The Morgan fingerprint density at radius 2 is 2.28 bits per heavy atom. The van der Waals surface area contributed by atoms with Crippen molar-refractivity contribution in [2.45, 2.75) is 38.8 Å². The summed E-state index contributed by atoms with van der Waals surface area (Å²) in [5, 5.41) is 1.17. The van der Waals surface area contributed by atoms with Crippen molar-refractivity contribution in [1.82, 2.24) is 9.88 Å². The molecule has 3 rings (SSSR count). The third-order valence-corrected chi connectivity index (χ3v) is 5.18. The number of aromatic nitrogens is 1. The first-order chi connectivity index (χ1) is 8.22. The van der Waals surface area contributed by atoms with Crippen LogP contribution in [0.5, 0.6) is 0 Å². The van der Waals surface area contributed by atoms with E-state index >= 15 is 0 Å². The van der Waals surface area contributed by atoms with Crippen LogP contribution in [0.15, 0.2) is 6.20 Å². The molecule has 3 nitrogen and oxygen atoms in total. The Morgan fingerprint density at radius 1 is 1.44 bits per heavy atom. The molecule has 0 aromatic carbocycles. The molecule has 18 heavy (non-hydrogen) atoms. The Bertz CT molecular complexity index is 395. The van der Waals surface area contributed by atoms with Gasteiger partial charge in [0, 0.05) is 36.8 Å². The smallest absolute Gasteiger partial charge is 0.0897 e. The molecule has 102 valence electrons. The van der Waals surface area contributed by atoms with Gasteiger partial charge in [-0.05, 0) is 31.6 Å². The standard InChI is InChI=1S/C13H21N3S.ClH/c1-9-15-5-11(17-9)7-16-6-10-3-2-4-13(14)12(10)8-16;/h5,10,12-13H,2-4,6-8,14H2,1H3;1H. The lowest BCUT2D eigenvalue weighted by atomic mass is 9.78. The SMILES string of the molecule is Cc1ncc(CN2CC3CCCC(N)C3C2)s1.Cl. The van der Waals surface area contributed by atoms with E-state index < -0.39 is 0 Å². The zero-order valence-electron chi connectivity index (χ0n) is 10.8. The van der Waals surface area contributed by atoms with Gasteiger partial charge in [0.05, 0.1) is 5.01 Å². The molecule has 3 unspecified atom stereocenters. The maximum atomic E-state index is 6.24. The van der Waals surface area contributed by atoms with Gasteiger partial charge in [0.1, 0.15) is 0 Å². The maximum absolute atomic E-state index is 6.24. The zero-order valence-corrected chi connectivity index (χ0v) is 12.5. The highest BCUT2D eigenvalue weighted by molar-refractivity contribution is 7.11. The van der Waals surface area contributed by atoms with Crippen molar-refractivity contribution in [2.24, 2.45) is 17.6 Å². The van der Waals surface area contributed by atoms with E-state index in [1.165, 1.54) is 42.2 Å². The van der Waals surface area contributed by atoms with Gasteiger partial charge in [-0.3, -0.25) is 4.90 Å². The fraction of sp³-hybridized carbons (Fsp3) is 0.769. The summed E-state index contributed by atoms with van der Waals surface area (Å²) in [4.78, 5) is 8.31. The minimum Gasteiger partial charge on any atom is -0.327 e. The highest BCUT2D eigenvalue weighted by Gasteiger charge is 2.38. The molecule has 3 atom stereocenters. The van der Waals surface area contributed by atoms with Crippen molar-refractivity contribution in [3.8, 4) is 0 Å². The fourth-order valence-electron chi connectivity index (χ4n) is 3.44. The highest BCUT2D eigenvalue weighted by Crippen LogP contribution is 2.36. The Labute approximate surface area is 119 Å². The van der Waals surface area contributed by atoms with E-state index in [-0.39, 0.29) is 12.4 Å². The van der Waals surface area contributed by atoms with Crippen LogP contribution >= 0.6 is 23.7 Å². The van der Waals surface area contributed by atoms with Gasteiger partial charge in [0.25, 0.3) is 0 Å². The summed E-state index contributed by atoms with van der Waals surface area (Å²) in [6.45, 7) is 5.59. The normalized spacial score (nSPS) is 32.0. The van der Waals surface area contributed by atoms with E-state index in [1.54, 1.807) is 0 Å². The third kappa shape index (κ3) is 2.87. The minimum atomic E-state index is 0. The summed E-state index contributed by atoms with van der Waals surface area (Å²) in [6, 6.07) is 0.446. The number of hydrogen-bond acceptors (Lipinski definition) is 4. The second kappa shape index (κ2) is 5.87. The van der Waals surface area contributed by atoms with Crippen LogP contribution in [0.1, 0.15) is 29.1 Å². The van der Waals surface area contributed by atoms with Crippen molar-refractivity contribution in [1.29, 1.82) is 0 Å². The molecule has 0 radical (unpaired) electrons. The average Bonchev–Trinajstić information content (AvgIpc) is 2.86. The van der Waals surface area contributed by atoms with Crippen LogP contribution in [-0.2, 0) is 6.54 Å². The van der Waals surface area contributed by atoms with Crippen LogP contribution in [-0.4, -0.2) is 29.0 Å². The van der Waals surface area contributed by atoms with E-state index in [2.05, 4.69) is 16.8 Å². The topological polar surface area (TPSA) is 42.2 Å². The summed E-state index contributed by atoms with van der Waals surface area (Å²) in [5.41, 5.74) is 6.24. The first kappa shape index (κ1) is 14.3. The quantitative estimate of drug-likeness (QED) is 0.908. The molecule has 2 N–H and O–H groups in total. The summed E-state index contributed by atoms with van der Waals surface area (Å²) in [7, 11) is 0. The number of rotatable bonds is 2. The number of halogens is 1. The van der Waals surface area contributed by atoms with Gasteiger partial charge >= 0.3 is 0 Å². The van der Waals surface area contributed by atoms with Gasteiger partial charge in [-0.15, -0.1) is 23.7 Å². The molecule has 1 aliphatic carbocycles. The van der Waals surface area contributed by atoms with E-state index in [4.69, 9.17) is 5.73 Å². The van der Waals surface area contributed by atoms with E-state index in [9.17, 15) is 0 Å². The third-order valence-electron chi connectivity index (χ3n) is 4.28. The number of aryl methyl sites for hydroxylation is 1. The number of hydrogen-bond donors (Lipinski definition) is 1. The zero-order chi connectivity index (χ0) is 11.8. The lowest BCUT2D eigenvalue weighted by Gasteiger charge is -2.29. The molecule has 1 aliphatic heterocycles. The van der Waals surface area contributed by atoms with Gasteiger partial charge in [0.15, 0.2) is 0 Å². The molecule has 0 spiro atoms. The molecule has 1 aromatic rings. The predicted molar refractivity (Wildman–Crippen MR) is 78.2 cm³/mol. The Balaban J connectivity index is 0.00000120. The second-order valence-corrected chi connectivity index (χ2v) is 6.88. The molecular formula is C13H22ClN3S. The fourth-order valence-corrected chi connectivity index (χ4v) is 4.27. The van der Waals surface area contributed by atoms with E-state index in [0.717, 1.165) is 18.4 Å². The minimum absolute atomic E-state index is 0. The number of nitrogens with two attached hydrogens (primary N) is 1. The lowest BCUT2D eigenvalue weighted by Crippen LogP contribution is -2.38. The van der Waals surface area contributed by atoms with Gasteiger partial charge in [-0.25, -0.2) is 4.98 Å². The van der Waals surface area contributed by atoms with Gasteiger partial charge in [0.2, 0.25) is 0 Å². The average molecular weight is 288 g/mol. The van der Waals surface area contributed by atoms with Crippen LogP contribution in [0.25, 0.3) is 0 Å². The molecular weight excluding hydrogens is 266 g/mol. The molecule has 1 aromatic heterocycles. The predicted octanol–water partition coefficient (Wildman–Crippen LogP) is 2.43. The van der Waals surface area contributed by atoms with E-state index in [0.29, 0.717) is 6.04 Å². The summed E-state index contributed by atoms with van der Waals surface area (Å²) in [6.07, 6.45) is 5.98. The van der Waals surface area contributed by atoms with Crippen LogP contribution in [0.2, 0.25) is 0 Å². The summed E-state index contributed by atoms with van der Waals surface area (Å²) in [5.74, 6) is 1.60. The summed E-state index contributed by atoms with van der Waals surface area (Å²) >= 11 is 1.82. The van der Waals surface area contributed by atoms with Crippen LogP contribution in [0.4, 0.5) is 0 Å². The number of nitrogens with zero attached hydrogens (tertiary/aromatic N) is 2. The van der Waals surface area contributed by atoms with Crippen LogP contribution < -0.4 is 5.73 Å². The first-order valence-corrected chi connectivity index (χ1v) is 7.43. The molecule has 5 heteroatoms. The molecule has 0 bridgehead atoms. The molecule has 1 saturated heterocycles. The molecule has 1 saturated carbocycles. The van der Waals surface area contributed by atoms with Gasteiger partial charge < -0.3 is 5.73 Å². The Kier molecular flexibility index (Phi) is 4.64. The van der Waals surface area contributed by atoms with Crippen molar-refractivity contribution >= 4 is 23.7 Å². The van der Waals surface area contributed by atoms with Crippen LogP contribution in [0, 0.1) is 18.8 Å². The molecule has 2 fully saturated rings. The van der Waals surface area contributed by atoms with Gasteiger partial charge in [-0.1, -0.05) is 6.42 Å². The largest absolute Gasteiger partial charge is 0.327 e.